The number of carboxylic acids is 1. The van der Waals surface area contributed by atoms with Crippen LogP contribution in [-0.4, -0.2) is 24.2 Å². The molecule has 0 unspecified atom stereocenters. The summed E-state index contributed by atoms with van der Waals surface area (Å²) in [7, 11) is 0. The molecule has 0 saturated carbocycles. The Kier molecular flexibility index (Phi) is 6.63. The van der Waals surface area contributed by atoms with Gasteiger partial charge in [-0.3, -0.25) is 4.79 Å². The Morgan fingerprint density at radius 2 is 2.31 bits per heavy atom. The molecule has 0 saturated heterocycles. The number of hydrogen-bond donors (Lipinski definition) is 3. The predicted octanol–water partition coefficient (Wildman–Crippen LogP) is 0.469. The van der Waals surface area contributed by atoms with Crippen molar-refractivity contribution in [1.29, 1.82) is 0 Å². The molecule has 0 aliphatic heterocycles. The van der Waals surface area contributed by atoms with Crippen molar-refractivity contribution >= 4 is 5.97 Å². The van der Waals surface area contributed by atoms with Gasteiger partial charge in [0.15, 0.2) is 0 Å². The molecule has 0 aromatic rings. The molecule has 0 rings (SSSR count). The number of nitrogens with two attached hydrogens (primary N) is 1. The van der Waals surface area contributed by atoms with E-state index in [4.69, 9.17) is 10.8 Å². The number of nitrogens with one attached hydrogen (secondary N) is 1. The summed E-state index contributed by atoms with van der Waals surface area (Å²) in [5.74, 6) is -0.838. The minimum absolute atomic E-state index is 0.0273. The Bertz CT molecular complexity index is 200. The third-order valence-electron chi connectivity index (χ3n) is 1.41. The predicted molar refractivity (Wildman–Crippen MR) is 52.2 cm³/mol. The first-order valence-corrected chi connectivity index (χ1v) is 4.16. The molecule has 4 nitrogen and oxygen atoms in total. The van der Waals surface area contributed by atoms with E-state index < -0.39 is 5.97 Å². The van der Waals surface area contributed by atoms with Crippen molar-refractivity contribution in [2.24, 2.45) is 5.73 Å². The number of rotatable bonds is 7. The first-order chi connectivity index (χ1) is 6.20. The highest BCUT2D eigenvalue weighted by Gasteiger charge is 1.96. The SMILES string of the molecule is C=CCNC(=CCC(=O)O)CCN. The molecule has 74 valence electrons. The highest BCUT2D eigenvalue weighted by Crippen LogP contribution is 1.97. The standard InChI is InChI=1S/C9H16N2O2/c1-2-7-11-8(5-6-10)3-4-9(12)13/h2-3,11H,1,4-7,10H2,(H,12,13). The van der Waals surface area contributed by atoms with Crippen molar-refractivity contribution in [3.63, 3.8) is 0 Å². The lowest BCUT2D eigenvalue weighted by Gasteiger charge is -2.06. The molecule has 0 aliphatic carbocycles. The van der Waals surface area contributed by atoms with E-state index >= 15 is 0 Å². The highest BCUT2D eigenvalue weighted by atomic mass is 16.4. The quantitative estimate of drug-likeness (QED) is 0.503. The summed E-state index contributed by atoms with van der Waals surface area (Å²) in [4.78, 5) is 10.3. The van der Waals surface area contributed by atoms with Gasteiger partial charge in [0.1, 0.15) is 0 Å². The molecular formula is C9H16N2O2. The van der Waals surface area contributed by atoms with Gasteiger partial charge in [0.25, 0.3) is 0 Å². The van der Waals surface area contributed by atoms with E-state index in [1.165, 1.54) is 0 Å². The number of hydrogen-bond acceptors (Lipinski definition) is 3. The maximum Gasteiger partial charge on any atom is 0.307 e. The zero-order chi connectivity index (χ0) is 10.1. The van der Waals surface area contributed by atoms with Crippen LogP contribution in [0, 0.1) is 0 Å². The smallest absolute Gasteiger partial charge is 0.307 e. The summed E-state index contributed by atoms with van der Waals surface area (Å²) in [6.07, 6.45) is 4.05. The summed E-state index contributed by atoms with van der Waals surface area (Å²) in [5, 5.41) is 11.5. The molecule has 0 aliphatic rings. The van der Waals surface area contributed by atoms with Crippen molar-refractivity contribution < 1.29 is 9.90 Å². The summed E-state index contributed by atoms with van der Waals surface area (Å²) in [5.41, 5.74) is 6.22. The number of aliphatic carboxylic acids is 1. The van der Waals surface area contributed by atoms with Crippen LogP contribution >= 0.6 is 0 Å². The van der Waals surface area contributed by atoms with Crippen molar-refractivity contribution in [3.8, 4) is 0 Å². The fraction of sp³-hybridized carbons (Fsp3) is 0.444. The molecule has 0 aromatic heterocycles. The molecule has 13 heavy (non-hydrogen) atoms. The van der Waals surface area contributed by atoms with Crippen molar-refractivity contribution in [2.45, 2.75) is 12.8 Å². The molecule has 4 heteroatoms. The monoisotopic (exact) mass is 184 g/mol. The lowest BCUT2D eigenvalue weighted by Crippen LogP contribution is -2.16. The van der Waals surface area contributed by atoms with Gasteiger partial charge in [-0.05, 0) is 13.0 Å². The van der Waals surface area contributed by atoms with E-state index in [1.807, 2.05) is 0 Å². The molecule has 0 amide bonds. The van der Waals surface area contributed by atoms with E-state index in [9.17, 15) is 4.79 Å². The van der Waals surface area contributed by atoms with Crippen molar-refractivity contribution in [3.05, 3.63) is 24.4 Å². The van der Waals surface area contributed by atoms with Crippen LogP contribution in [-0.2, 0) is 4.79 Å². The molecule has 0 heterocycles. The molecule has 4 N–H and O–H groups in total. The summed E-state index contributed by atoms with van der Waals surface area (Å²) >= 11 is 0. The fourth-order valence-corrected chi connectivity index (χ4v) is 0.832. The van der Waals surface area contributed by atoms with Crippen molar-refractivity contribution in [1.82, 2.24) is 5.32 Å². The van der Waals surface area contributed by atoms with Gasteiger partial charge in [0.2, 0.25) is 0 Å². The Hall–Kier alpha value is -1.29. The van der Waals surface area contributed by atoms with E-state index in [0.717, 1.165) is 5.70 Å². The van der Waals surface area contributed by atoms with Crippen molar-refractivity contribution in [2.75, 3.05) is 13.1 Å². The van der Waals surface area contributed by atoms with Crippen LogP contribution < -0.4 is 11.1 Å². The second kappa shape index (κ2) is 7.36. The molecular weight excluding hydrogens is 168 g/mol. The summed E-state index contributed by atoms with van der Waals surface area (Å²) in [6.45, 7) is 4.69. The van der Waals surface area contributed by atoms with Crippen LogP contribution in [0.15, 0.2) is 24.4 Å². The largest absolute Gasteiger partial charge is 0.481 e. The van der Waals surface area contributed by atoms with Crippen LogP contribution in [0.3, 0.4) is 0 Å². The van der Waals surface area contributed by atoms with Gasteiger partial charge in [-0.2, -0.15) is 0 Å². The number of carboxylic acid groups (broad SMARTS) is 1. The van der Waals surface area contributed by atoms with Crippen LogP contribution in [0.4, 0.5) is 0 Å². The molecule has 0 bridgehead atoms. The zero-order valence-corrected chi connectivity index (χ0v) is 7.62. The summed E-state index contributed by atoms with van der Waals surface area (Å²) < 4.78 is 0. The average Bonchev–Trinajstić information content (AvgIpc) is 2.09. The van der Waals surface area contributed by atoms with Crippen LogP contribution in [0.2, 0.25) is 0 Å². The van der Waals surface area contributed by atoms with Gasteiger partial charge in [-0.25, -0.2) is 0 Å². The van der Waals surface area contributed by atoms with Gasteiger partial charge in [0.05, 0.1) is 6.42 Å². The van der Waals surface area contributed by atoms with Gasteiger partial charge in [-0.1, -0.05) is 12.2 Å². The van der Waals surface area contributed by atoms with Gasteiger partial charge >= 0.3 is 5.97 Å². The second-order valence-corrected chi connectivity index (χ2v) is 2.54. The van der Waals surface area contributed by atoms with Crippen LogP contribution in [0.5, 0.6) is 0 Å². The normalized spacial score (nSPS) is 11.0. The van der Waals surface area contributed by atoms with E-state index in [-0.39, 0.29) is 6.42 Å². The topological polar surface area (TPSA) is 75.3 Å². The Labute approximate surface area is 78.1 Å². The lowest BCUT2D eigenvalue weighted by atomic mass is 10.2. The van der Waals surface area contributed by atoms with Gasteiger partial charge < -0.3 is 16.2 Å². The lowest BCUT2D eigenvalue weighted by molar-refractivity contribution is -0.136. The molecule has 0 radical (unpaired) electrons. The maximum atomic E-state index is 10.3. The first-order valence-electron chi connectivity index (χ1n) is 4.16. The second-order valence-electron chi connectivity index (χ2n) is 2.54. The zero-order valence-electron chi connectivity index (χ0n) is 7.62. The fourth-order valence-electron chi connectivity index (χ4n) is 0.832. The average molecular weight is 184 g/mol. The number of carbonyl (C=O) groups is 1. The third-order valence-corrected chi connectivity index (χ3v) is 1.41. The van der Waals surface area contributed by atoms with E-state index in [1.54, 1.807) is 12.2 Å². The molecule has 0 fully saturated rings. The Morgan fingerprint density at radius 1 is 1.62 bits per heavy atom. The highest BCUT2D eigenvalue weighted by molar-refractivity contribution is 5.68. The molecule has 0 spiro atoms. The summed E-state index contributed by atoms with van der Waals surface area (Å²) in [6, 6.07) is 0. The molecule has 0 aromatic carbocycles. The van der Waals surface area contributed by atoms with E-state index in [2.05, 4.69) is 11.9 Å². The van der Waals surface area contributed by atoms with E-state index in [0.29, 0.717) is 19.5 Å². The first kappa shape index (κ1) is 11.7. The molecule has 0 atom stereocenters. The Morgan fingerprint density at radius 3 is 2.77 bits per heavy atom. The Balaban J connectivity index is 3.96. The minimum atomic E-state index is -0.838. The van der Waals surface area contributed by atoms with Crippen LogP contribution in [0.1, 0.15) is 12.8 Å². The third kappa shape index (κ3) is 7.08. The van der Waals surface area contributed by atoms with Gasteiger partial charge in [0, 0.05) is 12.2 Å². The minimum Gasteiger partial charge on any atom is -0.481 e. The van der Waals surface area contributed by atoms with Crippen LogP contribution in [0.25, 0.3) is 0 Å². The van der Waals surface area contributed by atoms with Gasteiger partial charge in [-0.15, -0.1) is 6.58 Å². The maximum absolute atomic E-state index is 10.3.